The lowest BCUT2D eigenvalue weighted by atomic mass is 9.93. The number of nitrogens with zero attached hydrogens (tertiary/aromatic N) is 2. The number of carbonyl (C=O) groups excluding carboxylic acids is 1. The van der Waals surface area contributed by atoms with Gasteiger partial charge >= 0.3 is 0 Å². The monoisotopic (exact) mass is 311 g/mol. The highest BCUT2D eigenvalue weighted by atomic mass is 35.5. The highest BCUT2D eigenvalue weighted by Crippen LogP contribution is 2.27. The van der Waals surface area contributed by atoms with Gasteiger partial charge in [0.25, 0.3) is 11.6 Å². The summed E-state index contributed by atoms with van der Waals surface area (Å²) in [5.41, 5.74) is 0.0890. The van der Waals surface area contributed by atoms with E-state index in [0.29, 0.717) is 25.0 Å². The lowest BCUT2D eigenvalue weighted by Crippen LogP contribution is -2.47. The number of carbonyl (C=O) groups is 1. The first-order valence-corrected chi connectivity index (χ1v) is 6.93. The maximum atomic E-state index is 12.5. The maximum Gasteiger partial charge on any atom is 0.282 e. The van der Waals surface area contributed by atoms with Gasteiger partial charge in [-0.1, -0.05) is 12.1 Å². The molecule has 0 aromatic heterocycles. The molecule has 2 unspecified atom stereocenters. The van der Waals surface area contributed by atoms with Crippen molar-refractivity contribution >= 4 is 24.0 Å². The van der Waals surface area contributed by atoms with Crippen LogP contribution in [0.3, 0.4) is 0 Å². The Kier molecular flexibility index (Phi) is 4.80. The zero-order valence-corrected chi connectivity index (χ0v) is 12.3. The minimum atomic E-state index is -0.489. The minimum absolute atomic E-state index is 0. The van der Waals surface area contributed by atoms with Crippen LogP contribution in [0.5, 0.6) is 0 Å². The molecule has 1 amide bonds. The summed E-state index contributed by atoms with van der Waals surface area (Å²) in [5.74, 6) is 0.262. The van der Waals surface area contributed by atoms with Crippen LogP contribution in [0.25, 0.3) is 0 Å². The summed E-state index contributed by atoms with van der Waals surface area (Å²) < 4.78 is 0. The van der Waals surface area contributed by atoms with E-state index in [0.717, 1.165) is 19.4 Å². The molecule has 2 aliphatic rings. The van der Waals surface area contributed by atoms with Crippen molar-refractivity contribution in [1.82, 2.24) is 10.2 Å². The first kappa shape index (κ1) is 15.7. The largest absolute Gasteiger partial charge is 0.338 e. The molecule has 2 fully saturated rings. The van der Waals surface area contributed by atoms with Gasteiger partial charge in [-0.3, -0.25) is 14.9 Å². The van der Waals surface area contributed by atoms with Crippen molar-refractivity contribution in [3.8, 4) is 0 Å². The van der Waals surface area contributed by atoms with Crippen LogP contribution in [0.4, 0.5) is 5.69 Å². The van der Waals surface area contributed by atoms with Crippen molar-refractivity contribution in [2.24, 2.45) is 5.92 Å². The molecule has 3 rings (SSSR count). The van der Waals surface area contributed by atoms with Gasteiger partial charge in [-0.05, 0) is 31.4 Å². The van der Waals surface area contributed by atoms with Gasteiger partial charge in [0.1, 0.15) is 5.56 Å². The van der Waals surface area contributed by atoms with Gasteiger partial charge in [0, 0.05) is 25.2 Å². The van der Waals surface area contributed by atoms with Gasteiger partial charge in [-0.25, -0.2) is 0 Å². The number of halogens is 1. The highest BCUT2D eigenvalue weighted by Gasteiger charge is 2.35. The van der Waals surface area contributed by atoms with Crippen LogP contribution >= 0.6 is 12.4 Å². The summed E-state index contributed by atoms with van der Waals surface area (Å²) in [6, 6.07) is 6.69. The molecule has 1 aromatic rings. The number of nitro benzene ring substituents is 1. The molecule has 2 heterocycles. The fourth-order valence-electron chi connectivity index (χ4n) is 3.22. The highest BCUT2D eigenvalue weighted by molar-refractivity contribution is 5.98. The number of hydrogen-bond donors (Lipinski definition) is 1. The summed E-state index contributed by atoms with van der Waals surface area (Å²) in [7, 11) is 0. The molecule has 0 aliphatic carbocycles. The summed E-state index contributed by atoms with van der Waals surface area (Å²) in [5, 5.41) is 14.5. The summed E-state index contributed by atoms with van der Waals surface area (Å²) in [6.07, 6.45) is 2.00. The minimum Gasteiger partial charge on any atom is -0.338 e. The van der Waals surface area contributed by atoms with Gasteiger partial charge in [-0.15, -0.1) is 12.4 Å². The van der Waals surface area contributed by atoms with Crippen molar-refractivity contribution in [1.29, 1.82) is 0 Å². The Morgan fingerprint density at radius 1 is 1.33 bits per heavy atom. The number of hydrogen-bond acceptors (Lipinski definition) is 4. The van der Waals surface area contributed by atoms with Gasteiger partial charge in [0.05, 0.1) is 4.92 Å². The van der Waals surface area contributed by atoms with Crippen molar-refractivity contribution in [2.45, 2.75) is 18.9 Å². The number of nitro groups is 1. The van der Waals surface area contributed by atoms with E-state index < -0.39 is 4.92 Å². The normalized spacial score (nSPS) is 24.1. The van der Waals surface area contributed by atoms with Crippen LogP contribution < -0.4 is 5.32 Å². The average molecular weight is 312 g/mol. The molecule has 6 nitrogen and oxygen atoms in total. The standard InChI is InChI=1S/C14H17N3O3.ClH/c18-14(11-3-1-2-4-13(11)17(19)20)16-8-6-12-10(9-16)5-7-15-12;/h1-4,10,12,15H,5-9H2;1H. The fourth-order valence-corrected chi connectivity index (χ4v) is 3.22. The van der Waals surface area contributed by atoms with E-state index >= 15 is 0 Å². The van der Waals surface area contributed by atoms with E-state index in [2.05, 4.69) is 5.32 Å². The molecule has 0 bridgehead atoms. The molecule has 1 N–H and O–H groups in total. The first-order chi connectivity index (χ1) is 9.66. The van der Waals surface area contributed by atoms with Gasteiger partial charge in [0.15, 0.2) is 0 Å². The van der Waals surface area contributed by atoms with Gasteiger partial charge in [0.2, 0.25) is 0 Å². The summed E-state index contributed by atoms with van der Waals surface area (Å²) >= 11 is 0. The molecule has 2 aliphatic heterocycles. The number of likely N-dealkylation sites (tertiary alicyclic amines) is 1. The van der Waals surface area contributed by atoms with Gasteiger partial charge in [-0.2, -0.15) is 0 Å². The Balaban J connectivity index is 0.00000161. The molecule has 114 valence electrons. The van der Waals surface area contributed by atoms with Crippen LogP contribution in [-0.4, -0.2) is 41.4 Å². The van der Waals surface area contributed by atoms with Crippen LogP contribution in [0.15, 0.2) is 24.3 Å². The van der Waals surface area contributed by atoms with E-state index in [1.807, 2.05) is 0 Å². The zero-order valence-electron chi connectivity index (χ0n) is 11.5. The Hall–Kier alpha value is -1.66. The number of para-hydroxylation sites is 1. The Bertz CT molecular complexity index is 552. The quantitative estimate of drug-likeness (QED) is 0.668. The predicted octanol–water partition coefficient (Wildman–Crippen LogP) is 1.84. The Morgan fingerprint density at radius 2 is 2.10 bits per heavy atom. The number of piperidine rings is 1. The molecular formula is C14H18ClN3O3. The smallest absolute Gasteiger partial charge is 0.282 e. The number of nitrogens with one attached hydrogen (secondary N) is 1. The average Bonchev–Trinajstić information content (AvgIpc) is 2.93. The van der Waals surface area contributed by atoms with E-state index in [1.54, 1.807) is 23.1 Å². The SMILES string of the molecule is Cl.O=C(c1ccccc1[N+](=O)[O-])N1CCC2NCCC2C1. The van der Waals surface area contributed by atoms with Crippen LogP contribution in [0.2, 0.25) is 0 Å². The lowest BCUT2D eigenvalue weighted by molar-refractivity contribution is -0.385. The lowest BCUT2D eigenvalue weighted by Gasteiger charge is -2.34. The van der Waals surface area contributed by atoms with Crippen molar-refractivity contribution < 1.29 is 9.72 Å². The first-order valence-electron chi connectivity index (χ1n) is 6.93. The van der Waals surface area contributed by atoms with Crippen molar-refractivity contribution in [3.63, 3.8) is 0 Å². The summed E-state index contributed by atoms with van der Waals surface area (Å²) in [4.78, 5) is 24.8. The molecule has 7 heteroatoms. The van der Waals surface area contributed by atoms with Crippen LogP contribution in [-0.2, 0) is 0 Å². The Labute approximate surface area is 129 Å². The molecule has 0 radical (unpaired) electrons. The third-order valence-electron chi connectivity index (χ3n) is 4.27. The fraction of sp³-hybridized carbons (Fsp3) is 0.500. The van der Waals surface area contributed by atoms with E-state index in [1.165, 1.54) is 6.07 Å². The second-order valence-corrected chi connectivity index (χ2v) is 5.42. The number of fused-ring (bicyclic) bond motifs is 1. The third-order valence-corrected chi connectivity index (χ3v) is 4.27. The predicted molar refractivity (Wildman–Crippen MR) is 80.8 cm³/mol. The van der Waals surface area contributed by atoms with Crippen molar-refractivity contribution in [2.75, 3.05) is 19.6 Å². The second-order valence-electron chi connectivity index (χ2n) is 5.42. The van der Waals surface area contributed by atoms with Crippen molar-refractivity contribution in [3.05, 3.63) is 39.9 Å². The molecule has 0 saturated carbocycles. The molecular weight excluding hydrogens is 294 g/mol. The van der Waals surface area contributed by atoms with Crippen LogP contribution in [0, 0.1) is 16.0 Å². The van der Waals surface area contributed by atoms with E-state index in [9.17, 15) is 14.9 Å². The van der Waals surface area contributed by atoms with E-state index in [4.69, 9.17) is 0 Å². The molecule has 1 aromatic carbocycles. The maximum absolute atomic E-state index is 12.5. The Morgan fingerprint density at radius 3 is 2.86 bits per heavy atom. The number of amides is 1. The van der Waals surface area contributed by atoms with Gasteiger partial charge < -0.3 is 10.2 Å². The number of benzene rings is 1. The second kappa shape index (κ2) is 6.41. The third kappa shape index (κ3) is 3.01. The van der Waals surface area contributed by atoms with Crippen LogP contribution in [0.1, 0.15) is 23.2 Å². The molecule has 2 atom stereocenters. The molecule has 2 saturated heterocycles. The zero-order chi connectivity index (χ0) is 14.1. The molecule has 21 heavy (non-hydrogen) atoms. The molecule has 0 spiro atoms. The topological polar surface area (TPSA) is 75.5 Å². The summed E-state index contributed by atoms with van der Waals surface area (Å²) in [6.45, 7) is 2.37. The number of rotatable bonds is 2. The van der Waals surface area contributed by atoms with E-state index in [-0.39, 0.29) is 29.6 Å².